The van der Waals surface area contributed by atoms with Crippen LogP contribution in [0.1, 0.15) is 23.0 Å². The van der Waals surface area contributed by atoms with Crippen LogP contribution in [-0.4, -0.2) is 17.6 Å². The van der Waals surface area contributed by atoms with E-state index in [9.17, 15) is 18.0 Å². The standard InChI is InChI=1S/C8H8F3NO2/c1-2-14-7(13)5-3-6(12-4-5)8(9,10)11/h3-4,12H,2H2,1H3. The van der Waals surface area contributed by atoms with Gasteiger partial charge in [-0.25, -0.2) is 4.79 Å². The maximum absolute atomic E-state index is 12.1. The van der Waals surface area contributed by atoms with E-state index in [-0.39, 0.29) is 12.2 Å². The van der Waals surface area contributed by atoms with E-state index >= 15 is 0 Å². The van der Waals surface area contributed by atoms with Crippen LogP contribution in [0.3, 0.4) is 0 Å². The van der Waals surface area contributed by atoms with Crippen LogP contribution in [0.5, 0.6) is 0 Å². The summed E-state index contributed by atoms with van der Waals surface area (Å²) in [5, 5.41) is 0. The number of aromatic nitrogens is 1. The molecule has 0 saturated carbocycles. The Morgan fingerprint density at radius 1 is 1.57 bits per heavy atom. The zero-order chi connectivity index (χ0) is 10.8. The molecule has 1 N–H and O–H groups in total. The Labute approximate surface area is 77.9 Å². The van der Waals surface area contributed by atoms with Gasteiger partial charge in [-0.2, -0.15) is 13.2 Å². The summed E-state index contributed by atoms with van der Waals surface area (Å²) in [6.07, 6.45) is -3.49. The summed E-state index contributed by atoms with van der Waals surface area (Å²) in [7, 11) is 0. The molecular formula is C8H8F3NO2. The van der Waals surface area contributed by atoms with E-state index in [0.29, 0.717) is 0 Å². The summed E-state index contributed by atoms with van der Waals surface area (Å²) >= 11 is 0. The fourth-order valence-corrected chi connectivity index (χ4v) is 0.890. The fourth-order valence-electron chi connectivity index (χ4n) is 0.890. The second-order valence-corrected chi connectivity index (χ2v) is 2.52. The Hall–Kier alpha value is -1.46. The SMILES string of the molecule is CCOC(=O)c1c[nH]c(C(F)(F)F)c1. The average molecular weight is 207 g/mol. The van der Waals surface area contributed by atoms with Crippen LogP contribution >= 0.6 is 0 Å². The molecule has 6 heteroatoms. The van der Waals surface area contributed by atoms with Crippen LogP contribution in [0.25, 0.3) is 0 Å². The number of carbonyl (C=O) groups is 1. The molecule has 0 atom stereocenters. The van der Waals surface area contributed by atoms with E-state index < -0.39 is 17.8 Å². The molecule has 1 aromatic rings. The van der Waals surface area contributed by atoms with Crippen LogP contribution in [0.2, 0.25) is 0 Å². The van der Waals surface area contributed by atoms with Gasteiger partial charge in [-0.1, -0.05) is 0 Å². The average Bonchev–Trinajstić information content (AvgIpc) is 2.51. The zero-order valence-corrected chi connectivity index (χ0v) is 7.31. The molecule has 78 valence electrons. The monoisotopic (exact) mass is 207 g/mol. The number of rotatable bonds is 2. The van der Waals surface area contributed by atoms with Crippen LogP contribution < -0.4 is 0 Å². The number of esters is 1. The van der Waals surface area contributed by atoms with Crippen LogP contribution in [0.4, 0.5) is 13.2 Å². The number of alkyl halides is 3. The first-order chi connectivity index (χ1) is 6.45. The molecule has 0 amide bonds. The Morgan fingerprint density at radius 2 is 2.21 bits per heavy atom. The molecule has 0 unspecified atom stereocenters. The van der Waals surface area contributed by atoms with Crippen molar-refractivity contribution in [2.75, 3.05) is 6.61 Å². The van der Waals surface area contributed by atoms with Gasteiger partial charge in [0.2, 0.25) is 0 Å². The summed E-state index contributed by atoms with van der Waals surface area (Å²) in [6, 6.07) is 0.720. The van der Waals surface area contributed by atoms with Crippen molar-refractivity contribution in [3.8, 4) is 0 Å². The van der Waals surface area contributed by atoms with Crippen molar-refractivity contribution >= 4 is 5.97 Å². The van der Waals surface area contributed by atoms with E-state index in [1.165, 1.54) is 0 Å². The van der Waals surface area contributed by atoms with Gasteiger partial charge < -0.3 is 9.72 Å². The lowest BCUT2D eigenvalue weighted by atomic mass is 10.3. The zero-order valence-electron chi connectivity index (χ0n) is 7.31. The minimum absolute atomic E-state index is 0.126. The predicted molar refractivity (Wildman–Crippen MR) is 41.8 cm³/mol. The summed E-state index contributed by atoms with van der Waals surface area (Å²) < 4.78 is 40.7. The highest BCUT2D eigenvalue weighted by molar-refractivity contribution is 5.89. The van der Waals surface area contributed by atoms with Crippen molar-refractivity contribution < 1.29 is 22.7 Å². The fraction of sp³-hybridized carbons (Fsp3) is 0.375. The van der Waals surface area contributed by atoms with Gasteiger partial charge in [0.1, 0.15) is 5.69 Å². The molecule has 1 rings (SSSR count). The molecule has 0 spiro atoms. The third-order valence-electron chi connectivity index (χ3n) is 1.50. The van der Waals surface area contributed by atoms with Crippen molar-refractivity contribution in [2.45, 2.75) is 13.1 Å². The predicted octanol–water partition coefficient (Wildman–Crippen LogP) is 2.21. The van der Waals surface area contributed by atoms with Crippen molar-refractivity contribution in [1.29, 1.82) is 0 Å². The molecule has 0 bridgehead atoms. The normalized spacial score (nSPS) is 11.4. The molecule has 3 nitrogen and oxygen atoms in total. The summed E-state index contributed by atoms with van der Waals surface area (Å²) in [5.74, 6) is -0.765. The van der Waals surface area contributed by atoms with Gasteiger partial charge in [-0.15, -0.1) is 0 Å². The molecular weight excluding hydrogens is 199 g/mol. The van der Waals surface area contributed by atoms with Gasteiger partial charge in [0.05, 0.1) is 12.2 Å². The third-order valence-corrected chi connectivity index (χ3v) is 1.50. The number of hydrogen-bond donors (Lipinski definition) is 1. The number of H-pyrrole nitrogens is 1. The van der Waals surface area contributed by atoms with Gasteiger partial charge in [0.25, 0.3) is 0 Å². The highest BCUT2D eigenvalue weighted by atomic mass is 19.4. The van der Waals surface area contributed by atoms with Gasteiger partial charge in [0.15, 0.2) is 0 Å². The first-order valence-electron chi connectivity index (χ1n) is 3.88. The number of halogens is 3. The second-order valence-electron chi connectivity index (χ2n) is 2.52. The van der Waals surface area contributed by atoms with Crippen LogP contribution in [-0.2, 0) is 10.9 Å². The maximum Gasteiger partial charge on any atom is 0.431 e. The molecule has 0 aliphatic heterocycles. The van der Waals surface area contributed by atoms with Crippen LogP contribution in [0, 0.1) is 0 Å². The first-order valence-corrected chi connectivity index (χ1v) is 3.88. The lowest BCUT2D eigenvalue weighted by molar-refractivity contribution is -0.140. The summed E-state index contributed by atoms with van der Waals surface area (Å²) in [4.78, 5) is 12.9. The Balaban J connectivity index is 2.83. The van der Waals surface area contributed by atoms with Gasteiger partial charge in [0, 0.05) is 6.20 Å². The molecule has 14 heavy (non-hydrogen) atoms. The lowest BCUT2D eigenvalue weighted by Gasteiger charge is -2.01. The molecule has 0 fully saturated rings. The summed E-state index contributed by atoms with van der Waals surface area (Å²) in [6.45, 7) is 1.71. The molecule has 0 radical (unpaired) electrons. The van der Waals surface area contributed by atoms with Crippen molar-refractivity contribution in [3.63, 3.8) is 0 Å². The number of aromatic amines is 1. The molecule has 1 heterocycles. The molecule has 1 aromatic heterocycles. The van der Waals surface area contributed by atoms with Crippen molar-refractivity contribution in [3.05, 3.63) is 23.5 Å². The van der Waals surface area contributed by atoms with Crippen molar-refractivity contribution in [2.24, 2.45) is 0 Å². The summed E-state index contributed by atoms with van der Waals surface area (Å²) in [5.41, 5.74) is -1.08. The van der Waals surface area contributed by atoms with Gasteiger partial charge in [-0.3, -0.25) is 0 Å². The van der Waals surface area contributed by atoms with E-state index in [1.807, 2.05) is 4.98 Å². The van der Waals surface area contributed by atoms with Crippen LogP contribution in [0.15, 0.2) is 12.3 Å². The second kappa shape index (κ2) is 3.73. The minimum Gasteiger partial charge on any atom is -0.462 e. The van der Waals surface area contributed by atoms with Crippen molar-refractivity contribution in [1.82, 2.24) is 4.98 Å². The van der Waals surface area contributed by atoms with Gasteiger partial charge >= 0.3 is 12.1 Å². The highest BCUT2D eigenvalue weighted by Crippen LogP contribution is 2.28. The van der Waals surface area contributed by atoms with E-state index in [4.69, 9.17) is 0 Å². The largest absolute Gasteiger partial charge is 0.462 e. The Kier molecular flexibility index (Phi) is 2.83. The molecule has 0 saturated heterocycles. The minimum atomic E-state index is -4.47. The molecule has 0 aliphatic rings. The Morgan fingerprint density at radius 3 is 2.64 bits per heavy atom. The molecule has 0 aliphatic carbocycles. The maximum atomic E-state index is 12.1. The van der Waals surface area contributed by atoms with Gasteiger partial charge in [-0.05, 0) is 13.0 Å². The lowest BCUT2D eigenvalue weighted by Crippen LogP contribution is -2.05. The highest BCUT2D eigenvalue weighted by Gasteiger charge is 2.33. The van der Waals surface area contributed by atoms with E-state index in [2.05, 4.69) is 4.74 Å². The number of carbonyl (C=O) groups excluding carboxylic acids is 1. The first kappa shape index (κ1) is 10.6. The number of hydrogen-bond acceptors (Lipinski definition) is 2. The third kappa shape index (κ3) is 2.27. The quantitative estimate of drug-likeness (QED) is 0.755. The number of ether oxygens (including phenoxy) is 1. The topological polar surface area (TPSA) is 42.1 Å². The van der Waals surface area contributed by atoms with E-state index in [1.54, 1.807) is 6.92 Å². The number of nitrogens with one attached hydrogen (secondary N) is 1. The molecule has 0 aromatic carbocycles. The van der Waals surface area contributed by atoms with E-state index in [0.717, 1.165) is 12.3 Å². The Bertz CT molecular complexity index is 330. The smallest absolute Gasteiger partial charge is 0.431 e.